The fourth-order valence-corrected chi connectivity index (χ4v) is 2.50. The normalized spacial score (nSPS) is 21.6. The second kappa shape index (κ2) is 6.52. The quantitative estimate of drug-likeness (QED) is 0.419. The molecule has 0 amide bonds. The van der Waals surface area contributed by atoms with E-state index in [4.69, 9.17) is 4.74 Å². The fourth-order valence-electron chi connectivity index (χ4n) is 2.09. The van der Waals surface area contributed by atoms with Crippen LogP contribution in [0.5, 0.6) is 0 Å². The Bertz CT molecular complexity index is 171. The lowest BCUT2D eigenvalue weighted by Gasteiger charge is -2.35. The van der Waals surface area contributed by atoms with Gasteiger partial charge in [0.25, 0.3) is 0 Å². The van der Waals surface area contributed by atoms with Gasteiger partial charge < -0.3 is 4.74 Å². The van der Waals surface area contributed by atoms with Crippen LogP contribution in [-0.2, 0) is 4.74 Å². The molecule has 0 atom stereocenters. The topological polar surface area (TPSA) is 9.23 Å². The largest absolute Gasteiger partial charge is 0.377 e. The molecule has 0 radical (unpaired) electrons. The first-order valence-electron chi connectivity index (χ1n) is 5.63. The van der Waals surface area contributed by atoms with E-state index in [0.29, 0.717) is 5.41 Å². The minimum absolute atomic E-state index is 0.378. The fraction of sp³-hybridized carbons (Fsp3) is 0.833. The molecule has 0 unspecified atom stereocenters. The number of thiol groups is 1. The third-order valence-corrected chi connectivity index (χ3v) is 3.78. The summed E-state index contributed by atoms with van der Waals surface area (Å²) in [5.41, 5.74) is 0.378. The van der Waals surface area contributed by atoms with Gasteiger partial charge >= 0.3 is 0 Å². The molecule has 1 saturated carbocycles. The van der Waals surface area contributed by atoms with E-state index in [1.807, 2.05) is 13.0 Å². The molecule has 1 aliphatic carbocycles. The lowest BCUT2D eigenvalue weighted by Crippen LogP contribution is -2.31. The van der Waals surface area contributed by atoms with Gasteiger partial charge in [0.05, 0.1) is 13.2 Å². The Morgan fingerprint density at radius 1 is 1.29 bits per heavy atom. The zero-order valence-corrected chi connectivity index (χ0v) is 10.1. The molecular weight excluding hydrogens is 192 g/mol. The van der Waals surface area contributed by atoms with E-state index in [2.05, 4.69) is 18.7 Å². The van der Waals surface area contributed by atoms with E-state index in [0.717, 1.165) is 19.0 Å². The highest BCUT2D eigenvalue weighted by Crippen LogP contribution is 2.37. The first-order valence-corrected chi connectivity index (χ1v) is 6.26. The zero-order chi connectivity index (χ0) is 10.3. The summed E-state index contributed by atoms with van der Waals surface area (Å²) >= 11 is 4.48. The Kier molecular flexibility index (Phi) is 5.64. The lowest BCUT2D eigenvalue weighted by molar-refractivity contribution is 0.0486. The molecule has 0 aromatic rings. The Labute approximate surface area is 93.3 Å². The van der Waals surface area contributed by atoms with Gasteiger partial charge in [0.1, 0.15) is 0 Å². The first-order chi connectivity index (χ1) is 6.83. The Hall–Kier alpha value is 0.0500. The number of ether oxygens (including phenoxy) is 1. The summed E-state index contributed by atoms with van der Waals surface area (Å²) in [6.45, 7) is 3.67. The molecule has 0 aromatic heterocycles. The summed E-state index contributed by atoms with van der Waals surface area (Å²) in [5, 5.41) is 0. The van der Waals surface area contributed by atoms with Crippen molar-refractivity contribution in [2.24, 2.45) is 5.41 Å². The van der Waals surface area contributed by atoms with Crippen LogP contribution in [0.1, 0.15) is 39.0 Å². The maximum absolute atomic E-state index is 5.67. The highest BCUT2D eigenvalue weighted by molar-refractivity contribution is 7.80. The molecule has 0 spiro atoms. The van der Waals surface area contributed by atoms with E-state index >= 15 is 0 Å². The van der Waals surface area contributed by atoms with Crippen LogP contribution in [0.3, 0.4) is 0 Å². The number of hydrogen-bond donors (Lipinski definition) is 1. The van der Waals surface area contributed by atoms with Crippen molar-refractivity contribution < 1.29 is 4.74 Å². The number of allylic oxidation sites excluding steroid dienone is 1. The number of hydrogen-bond acceptors (Lipinski definition) is 2. The molecule has 14 heavy (non-hydrogen) atoms. The van der Waals surface area contributed by atoms with Crippen molar-refractivity contribution in [3.8, 4) is 0 Å². The Balaban J connectivity index is 2.28. The Morgan fingerprint density at radius 3 is 2.57 bits per heavy atom. The van der Waals surface area contributed by atoms with Gasteiger partial charge in [-0.05, 0) is 25.5 Å². The predicted molar refractivity (Wildman–Crippen MR) is 65.0 cm³/mol. The molecule has 0 N–H and O–H groups in total. The van der Waals surface area contributed by atoms with Gasteiger partial charge in [-0.2, -0.15) is 12.6 Å². The van der Waals surface area contributed by atoms with Crippen LogP contribution in [0.4, 0.5) is 0 Å². The lowest BCUT2D eigenvalue weighted by atomic mass is 9.76. The van der Waals surface area contributed by atoms with Crippen LogP contribution in [0, 0.1) is 5.41 Å². The van der Waals surface area contributed by atoms with Crippen molar-refractivity contribution in [3.63, 3.8) is 0 Å². The SMILES string of the molecule is CC=CCOCC1(CS)CCCCC1. The van der Waals surface area contributed by atoms with Crippen LogP contribution in [0.25, 0.3) is 0 Å². The molecule has 0 heterocycles. The number of rotatable bonds is 5. The highest BCUT2D eigenvalue weighted by Gasteiger charge is 2.30. The van der Waals surface area contributed by atoms with Gasteiger partial charge in [0, 0.05) is 5.41 Å². The summed E-state index contributed by atoms with van der Waals surface area (Å²) in [4.78, 5) is 0. The summed E-state index contributed by atoms with van der Waals surface area (Å²) in [7, 11) is 0. The van der Waals surface area contributed by atoms with E-state index in [1.54, 1.807) is 0 Å². The molecule has 1 aliphatic rings. The van der Waals surface area contributed by atoms with Crippen LogP contribution in [-0.4, -0.2) is 19.0 Å². The summed E-state index contributed by atoms with van der Waals surface area (Å²) in [6.07, 6.45) is 10.8. The average molecular weight is 214 g/mol. The van der Waals surface area contributed by atoms with Crippen LogP contribution in [0.2, 0.25) is 0 Å². The summed E-state index contributed by atoms with van der Waals surface area (Å²) in [5.74, 6) is 0.975. The van der Waals surface area contributed by atoms with Crippen molar-refractivity contribution >= 4 is 12.6 Å². The molecule has 0 aromatic carbocycles. The molecule has 1 fully saturated rings. The maximum atomic E-state index is 5.67. The second-order valence-electron chi connectivity index (χ2n) is 4.30. The summed E-state index contributed by atoms with van der Waals surface area (Å²) < 4.78 is 5.67. The first kappa shape index (κ1) is 12.1. The van der Waals surface area contributed by atoms with E-state index < -0.39 is 0 Å². The summed E-state index contributed by atoms with van der Waals surface area (Å²) in [6, 6.07) is 0. The van der Waals surface area contributed by atoms with Crippen molar-refractivity contribution in [2.75, 3.05) is 19.0 Å². The van der Waals surface area contributed by atoms with Gasteiger partial charge in [-0.25, -0.2) is 0 Å². The van der Waals surface area contributed by atoms with Crippen LogP contribution < -0.4 is 0 Å². The molecule has 0 saturated heterocycles. The van der Waals surface area contributed by atoms with Crippen LogP contribution in [0.15, 0.2) is 12.2 Å². The molecule has 1 rings (SSSR count). The maximum Gasteiger partial charge on any atom is 0.0647 e. The molecular formula is C12H22OS. The van der Waals surface area contributed by atoms with Crippen molar-refractivity contribution in [2.45, 2.75) is 39.0 Å². The van der Waals surface area contributed by atoms with Crippen molar-refractivity contribution in [1.82, 2.24) is 0 Å². The third-order valence-electron chi connectivity index (χ3n) is 3.11. The average Bonchev–Trinajstić information content (AvgIpc) is 2.26. The van der Waals surface area contributed by atoms with Crippen molar-refractivity contribution in [3.05, 3.63) is 12.2 Å². The molecule has 2 heteroatoms. The molecule has 1 nitrogen and oxygen atoms in total. The monoisotopic (exact) mass is 214 g/mol. The Morgan fingerprint density at radius 2 is 2.00 bits per heavy atom. The van der Waals surface area contributed by atoms with Gasteiger partial charge in [-0.15, -0.1) is 0 Å². The van der Waals surface area contributed by atoms with Gasteiger partial charge in [0.2, 0.25) is 0 Å². The van der Waals surface area contributed by atoms with Gasteiger partial charge in [0.15, 0.2) is 0 Å². The van der Waals surface area contributed by atoms with Crippen molar-refractivity contribution in [1.29, 1.82) is 0 Å². The molecule has 0 bridgehead atoms. The van der Waals surface area contributed by atoms with E-state index in [-0.39, 0.29) is 0 Å². The minimum atomic E-state index is 0.378. The molecule has 82 valence electrons. The van der Waals surface area contributed by atoms with E-state index in [9.17, 15) is 0 Å². The van der Waals surface area contributed by atoms with Crippen LogP contribution >= 0.6 is 12.6 Å². The highest BCUT2D eigenvalue weighted by atomic mass is 32.1. The van der Waals surface area contributed by atoms with E-state index in [1.165, 1.54) is 32.1 Å². The third kappa shape index (κ3) is 3.66. The smallest absolute Gasteiger partial charge is 0.0647 e. The molecule has 0 aliphatic heterocycles. The predicted octanol–water partition coefficient (Wildman–Crippen LogP) is 3.46. The zero-order valence-electron chi connectivity index (χ0n) is 9.17. The second-order valence-corrected chi connectivity index (χ2v) is 4.62. The van der Waals surface area contributed by atoms with Gasteiger partial charge in [-0.3, -0.25) is 0 Å². The minimum Gasteiger partial charge on any atom is -0.377 e. The van der Waals surface area contributed by atoms with Gasteiger partial charge in [-0.1, -0.05) is 31.4 Å². The standard InChI is InChI=1S/C12H22OS/c1-2-3-9-13-10-12(11-14)7-5-4-6-8-12/h2-3,14H,4-11H2,1H3.